The number of thioether (sulfide) groups is 1. The SMILES string of the molecule is N#Cc1c(-c2cccc(N3CCNCC3)c2)cc(=O)[nH]c1SCc1nn[nH]n1. The van der Waals surface area contributed by atoms with E-state index >= 15 is 0 Å². The summed E-state index contributed by atoms with van der Waals surface area (Å²) < 4.78 is 0. The molecule has 3 N–H and O–H groups in total. The second-order valence-electron chi connectivity index (χ2n) is 6.27. The number of rotatable bonds is 5. The van der Waals surface area contributed by atoms with Crippen molar-refractivity contribution < 1.29 is 0 Å². The van der Waals surface area contributed by atoms with Crippen LogP contribution in [-0.4, -0.2) is 51.8 Å². The number of nitrogens with one attached hydrogen (secondary N) is 3. The number of nitriles is 1. The number of aromatic amines is 2. The molecule has 3 aromatic rings. The van der Waals surface area contributed by atoms with Crippen molar-refractivity contribution >= 4 is 17.4 Å². The van der Waals surface area contributed by atoms with Gasteiger partial charge in [-0.1, -0.05) is 29.1 Å². The number of hydrogen-bond acceptors (Lipinski definition) is 8. The van der Waals surface area contributed by atoms with Crippen molar-refractivity contribution in [1.82, 2.24) is 30.9 Å². The van der Waals surface area contributed by atoms with Crippen molar-refractivity contribution in [1.29, 1.82) is 5.26 Å². The van der Waals surface area contributed by atoms with Crippen LogP contribution >= 0.6 is 11.8 Å². The Morgan fingerprint density at radius 2 is 2.11 bits per heavy atom. The highest BCUT2D eigenvalue weighted by Gasteiger charge is 2.16. The fourth-order valence-electron chi connectivity index (χ4n) is 3.16. The molecule has 4 rings (SSSR count). The molecule has 0 bridgehead atoms. The van der Waals surface area contributed by atoms with E-state index in [4.69, 9.17) is 0 Å². The number of hydrogen-bond donors (Lipinski definition) is 3. The maximum absolute atomic E-state index is 12.3. The van der Waals surface area contributed by atoms with E-state index in [-0.39, 0.29) is 5.56 Å². The minimum atomic E-state index is -0.253. The number of benzene rings is 1. The quantitative estimate of drug-likeness (QED) is 0.550. The Balaban J connectivity index is 1.69. The highest BCUT2D eigenvalue weighted by atomic mass is 32.2. The highest BCUT2D eigenvalue weighted by Crippen LogP contribution is 2.31. The molecule has 1 aliphatic heterocycles. The van der Waals surface area contributed by atoms with Crippen molar-refractivity contribution in [2.24, 2.45) is 0 Å². The van der Waals surface area contributed by atoms with Crippen LogP contribution in [0.2, 0.25) is 0 Å². The van der Waals surface area contributed by atoms with Gasteiger partial charge in [-0.05, 0) is 17.7 Å². The van der Waals surface area contributed by atoms with Gasteiger partial charge < -0.3 is 15.2 Å². The Morgan fingerprint density at radius 1 is 1.25 bits per heavy atom. The minimum absolute atomic E-state index is 0.253. The van der Waals surface area contributed by atoms with E-state index in [9.17, 15) is 10.1 Å². The molecule has 0 saturated carbocycles. The van der Waals surface area contributed by atoms with E-state index in [0.717, 1.165) is 37.4 Å². The fourth-order valence-corrected chi connectivity index (χ4v) is 4.02. The van der Waals surface area contributed by atoms with E-state index in [2.05, 4.69) is 48.0 Å². The zero-order valence-corrected chi connectivity index (χ0v) is 15.8. The van der Waals surface area contributed by atoms with Crippen LogP contribution in [0.15, 0.2) is 40.2 Å². The molecule has 9 nitrogen and oxygen atoms in total. The summed E-state index contributed by atoms with van der Waals surface area (Å²) >= 11 is 1.30. The number of tetrazole rings is 1. The van der Waals surface area contributed by atoms with Crippen LogP contribution in [0.3, 0.4) is 0 Å². The van der Waals surface area contributed by atoms with Crippen LogP contribution in [0.4, 0.5) is 5.69 Å². The predicted octanol–water partition coefficient (Wildman–Crippen LogP) is 1.13. The van der Waals surface area contributed by atoms with Gasteiger partial charge in [0, 0.05) is 43.5 Å². The second-order valence-corrected chi connectivity index (χ2v) is 7.25. The van der Waals surface area contributed by atoms with E-state index in [1.807, 2.05) is 18.2 Å². The predicted molar refractivity (Wildman–Crippen MR) is 106 cm³/mol. The third kappa shape index (κ3) is 3.90. The van der Waals surface area contributed by atoms with Crippen LogP contribution < -0.4 is 15.8 Å². The first-order valence-electron chi connectivity index (χ1n) is 8.83. The summed E-state index contributed by atoms with van der Waals surface area (Å²) in [6.45, 7) is 3.73. The first-order valence-corrected chi connectivity index (χ1v) is 9.82. The van der Waals surface area contributed by atoms with Crippen LogP contribution in [0.25, 0.3) is 11.1 Å². The zero-order chi connectivity index (χ0) is 19.3. The largest absolute Gasteiger partial charge is 0.369 e. The molecule has 3 heterocycles. The lowest BCUT2D eigenvalue weighted by Gasteiger charge is -2.29. The molecule has 0 amide bonds. The zero-order valence-electron chi connectivity index (χ0n) is 15.0. The lowest BCUT2D eigenvalue weighted by molar-refractivity contribution is 0.589. The standard InChI is InChI=1S/C18H18N8OS/c19-10-15-14(9-17(27)21-18(15)28-11-16-22-24-25-23-16)12-2-1-3-13(8-12)26-6-4-20-5-7-26/h1-3,8-9,20H,4-7,11H2,(H,21,27)(H,22,23,24,25). The molecule has 1 aliphatic rings. The van der Waals surface area contributed by atoms with Gasteiger partial charge in [-0.15, -0.1) is 10.2 Å². The first kappa shape index (κ1) is 18.2. The van der Waals surface area contributed by atoms with Gasteiger partial charge in [0.1, 0.15) is 6.07 Å². The van der Waals surface area contributed by atoms with Gasteiger partial charge in [-0.2, -0.15) is 10.5 Å². The molecular formula is C18H18N8OS. The maximum Gasteiger partial charge on any atom is 0.249 e. The van der Waals surface area contributed by atoms with Crippen LogP contribution in [0.1, 0.15) is 11.4 Å². The van der Waals surface area contributed by atoms with E-state index in [0.29, 0.717) is 27.7 Å². The van der Waals surface area contributed by atoms with Gasteiger partial charge in [-0.3, -0.25) is 4.79 Å². The van der Waals surface area contributed by atoms with Crippen LogP contribution in [0, 0.1) is 11.3 Å². The highest BCUT2D eigenvalue weighted by molar-refractivity contribution is 7.98. The van der Waals surface area contributed by atoms with Crippen molar-refractivity contribution in [3.63, 3.8) is 0 Å². The molecule has 0 atom stereocenters. The molecule has 28 heavy (non-hydrogen) atoms. The Hall–Kier alpha value is -3.16. The Bertz CT molecular complexity index is 1050. The molecule has 0 unspecified atom stereocenters. The smallest absolute Gasteiger partial charge is 0.249 e. The monoisotopic (exact) mass is 394 g/mol. The summed E-state index contributed by atoms with van der Waals surface area (Å²) in [6.07, 6.45) is 0. The van der Waals surface area contributed by atoms with Crippen molar-refractivity contribution in [2.45, 2.75) is 10.8 Å². The van der Waals surface area contributed by atoms with Gasteiger partial charge in [0.2, 0.25) is 5.56 Å². The topological polar surface area (TPSA) is 126 Å². The average Bonchev–Trinajstić information content (AvgIpc) is 3.26. The number of anilines is 1. The maximum atomic E-state index is 12.3. The summed E-state index contributed by atoms with van der Waals surface area (Å²) in [5.74, 6) is 0.895. The molecule has 0 spiro atoms. The second kappa shape index (κ2) is 8.24. The summed E-state index contributed by atoms with van der Waals surface area (Å²) in [6, 6.07) is 11.7. The molecule has 1 fully saturated rings. The Labute approximate surface area is 165 Å². The lowest BCUT2D eigenvalue weighted by Crippen LogP contribution is -2.43. The number of pyridine rings is 1. The first-order chi connectivity index (χ1) is 13.7. The van der Waals surface area contributed by atoms with Gasteiger partial charge in [-0.25, -0.2) is 0 Å². The minimum Gasteiger partial charge on any atom is -0.369 e. The molecule has 10 heteroatoms. The van der Waals surface area contributed by atoms with E-state index in [1.165, 1.54) is 17.8 Å². The molecule has 2 aromatic heterocycles. The van der Waals surface area contributed by atoms with Crippen molar-refractivity contribution in [2.75, 3.05) is 31.1 Å². The van der Waals surface area contributed by atoms with Gasteiger partial charge in [0.15, 0.2) is 5.82 Å². The number of aromatic nitrogens is 5. The molecule has 0 radical (unpaired) electrons. The third-order valence-electron chi connectivity index (χ3n) is 4.49. The van der Waals surface area contributed by atoms with Gasteiger partial charge >= 0.3 is 0 Å². The van der Waals surface area contributed by atoms with E-state index < -0.39 is 0 Å². The molecule has 1 aromatic carbocycles. The molecule has 1 saturated heterocycles. The van der Waals surface area contributed by atoms with Gasteiger partial charge in [0.05, 0.1) is 16.3 Å². The van der Waals surface area contributed by atoms with E-state index in [1.54, 1.807) is 0 Å². The summed E-state index contributed by atoms with van der Waals surface area (Å²) in [5, 5.41) is 27.3. The van der Waals surface area contributed by atoms with Crippen LogP contribution in [0.5, 0.6) is 0 Å². The normalized spacial score (nSPS) is 14.0. The third-order valence-corrected chi connectivity index (χ3v) is 5.49. The molecular weight excluding hydrogens is 376 g/mol. The summed E-state index contributed by atoms with van der Waals surface area (Å²) in [7, 11) is 0. The summed E-state index contributed by atoms with van der Waals surface area (Å²) in [4.78, 5) is 17.3. The van der Waals surface area contributed by atoms with Gasteiger partial charge in [0.25, 0.3) is 0 Å². The van der Waals surface area contributed by atoms with Crippen LogP contribution in [-0.2, 0) is 5.75 Å². The molecule has 142 valence electrons. The Kier molecular flexibility index (Phi) is 5.36. The summed E-state index contributed by atoms with van der Waals surface area (Å²) in [5.41, 5.74) is 2.74. The number of piperazine rings is 1. The van der Waals surface area contributed by atoms with Crippen molar-refractivity contribution in [3.05, 3.63) is 52.1 Å². The number of H-pyrrole nitrogens is 2. The fraction of sp³-hybridized carbons (Fsp3) is 0.278. The average molecular weight is 394 g/mol. The lowest BCUT2D eigenvalue weighted by atomic mass is 10.0. The number of nitrogens with zero attached hydrogens (tertiary/aromatic N) is 5. The Morgan fingerprint density at radius 3 is 2.86 bits per heavy atom. The van der Waals surface area contributed by atoms with Crippen molar-refractivity contribution in [3.8, 4) is 17.2 Å². The molecule has 0 aliphatic carbocycles.